The van der Waals surface area contributed by atoms with Crippen LogP contribution in [0, 0.1) is 0 Å². The molecule has 0 fully saturated rings. The minimum absolute atomic E-state index is 0.0996. The molecule has 7 heteroatoms. The van der Waals surface area contributed by atoms with E-state index in [-0.39, 0.29) is 11.8 Å². The first kappa shape index (κ1) is 33.4. The van der Waals surface area contributed by atoms with Crippen LogP contribution in [0.5, 0.6) is 0 Å². The average molecular weight is 586 g/mol. The standard InChI is InChI=1S/C36H47N3O4/c1-35(2,3)43-34(42)37-36(4,5)23-13-20-32(40)39(7)31(26-28-21-22-29-18-11-12-19-30(29)25-28)33(41)38(6)24-14-17-27-15-9-8-10-16-27/h8-13,15-16,18-22,25,31H,14,17,23-24,26H2,1-7H3,(H,37,42)/b20-13+/t31-/m1/s1. The largest absolute Gasteiger partial charge is 0.444 e. The summed E-state index contributed by atoms with van der Waals surface area (Å²) < 4.78 is 5.36. The van der Waals surface area contributed by atoms with Gasteiger partial charge in [0.1, 0.15) is 11.6 Å². The third-order valence-corrected chi connectivity index (χ3v) is 7.25. The van der Waals surface area contributed by atoms with Crippen molar-refractivity contribution in [3.05, 3.63) is 96.1 Å². The van der Waals surface area contributed by atoms with E-state index < -0.39 is 23.3 Å². The van der Waals surface area contributed by atoms with Gasteiger partial charge in [-0.2, -0.15) is 0 Å². The fourth-order valence-corrected chi connectivity index (χ4v) is 4.87. The number of carbonyl (C=O) groups is 3. The lowest BCUT2D eigenvalue weighted by molar-refractivity contribution is -0.141. The van der Waals surface area contributed by atoms with E-state index in [1.54, 1.807) is 25.1 Å². The number of benzene rings is 3. The van der Waals surface area contributed by atoms with Crippen LogP contribution in [0.4, 0.5) is 4.79 Å². The van der Waals surface area contributed by atoms with Gasteiger partial charge in [0.25, 0.3) is 0 Å². The summed E-state index contributed by atoms with van der Waals surface area (Å²) in [6, 6.07) is 23.8. The molecule has 1 atom stereocenters. The Kier molecular flexibility index (Phi) is 11.5. The summed E-state index contributed by atoms with van der Waals surface area (Å²) in [5.74, 6) is -0.373. The van der Waals surface area contributed by atoms with Crippen molar-refractivity contribution in [3.63, 3.8) is 0 Å². The Labute approximate surface area is 256 Å². The number of aryl methyl sites for hydroxylation is 1. The molecule has 0 aromatic heterocycles. The van der Waals surface area contributed by atoms with E-state index in [4.69, 9.17) is 4.74 Å². The Morgan fingerprint density at radius 1 is 0.860 bits per heavy atom. The Balaban J connectivity index is 1.72. The molecule has 0 radical (unpaired) electrons. The van der Waals surface area contributed by atoms with Crippen LogP contribution >= 0.6 is 0 Å². The van der Waals surface area contributed by atoms with Gasteiger partial charge in [-0.25, -0.2) is 4.79 Å². The van der Waals surface area contributed by atoms with Crippen LogP contribution < -0.4 is 5.32 Å². The maximum atomic E-state index is 13.8. The van der Waals surface area contributed by atoms with Crippen LogP contribution in [0.2, 0.25) is 0 Å². The van der Waals surface area contributed by atoms with Crippen molar-refractivity contribution < 1.29 is 19.1 Å². The minimum Gasteiger partial charge on any atom is -0.444 e. The molecule has 7 nitrogen and oxygen atoms in total. The summed E-state index contributed by atoms with van der Waals surface area (Å²) in [6.45, 7) is 9.75. The number of carbonyl (C=O) groups excluding carboxylic acids is 3. The number of fused-ring (bicyclic) bond motifs is 1. The van der Waals surface area contributed by atoms with Crippen LogP contribution in [-0.2, 0) is 27.2 Å². The van der Waals surface area contributed by atoms with Gasteiger partial charge in [0.2, 0.25) is 11.8 Å². The van der Waals surface area contributed by atoms with Crippen LogP contribution in [-0.4, -0.2) is 65.5 Å². The number of amides is 3. The van der Waals surface area contributed by atoms with Gasteiger partial charge in [0.15, 0.2) is 0 Å². The van der Waals surface area contributed by atoms with E-state index in [9.17, 15) is 14.4 Å². The highest BCUT2D eigenvalue weighted by atomic mass is 16.6. The summed E-state index contributed by atoms with van der Waals surface area (Å²) in [5.41, 5.74) is 0.992. The van der Waals surface area contributed by atoms with E-state index in [2.05, 4.69) is 41.7 Å². The first-order valence-electron chi connectivity index (χ1n) is 15.0. The molecule has 0 saturated carbocycles. The Bertz CT molecular complexity index is 1410. The van der Waals surface area contributed by atoms with Gasteiger partial charge in [-0.05, 0) is 81.9 Å². The van der Waals surface area contributed by atoms with Crippen LogP contribution in [0.25, 0.3) is 10.8 Å². The summed E-state index contributed by atoms with van der Waals surface area (Å²) in [7, 11) is 3.48. The smallest absolute Gasteiger partial charge is 0.408 e. The molecule has 0 saturated heterocycles. The fourth-order valence-electron chi connectivity index (χ4n) is 4.87. The molecule has 3 aromatic carbocycles. The van der Waals surface area contributed by atoms with Crippen molar-refractivity contribution in [2.24, 2.45) is 0 Å². The average Bonchev–Trinajstić information content (AvgIpc) is 2.94. The van der Waals surface area contributed by atoms with Crippen molar-refractivity contribution in [3.8, 4) is 0 Å². The van der Waals surface area contributed by atoms with Crippen LogP contribution in [0.3, 0.4) is 0 Å². The van der Waals surface area contributed by atoms with E-state index in [1.807, 2.05) is 71.0 Å². The Hall–Kier alpha value is -4.13. The molecule has 3 aromatic rings. The second-order valence-electron chi connectivity index (χ2n) is 12.8. The van der Waals surface area contributed by atoms with Gasteiger partial charge in [0, 0.05) is 32.6 Å². The normalized spacial score (nSPS) is 12.6. The van der Waals surface area contributed by atoms with Crippen LogP contribution in [0.15, 0.2) is 84.9 Å². The van der Waals surface area contributed by atoms with Gasteiger partial charge < -0.3 is 19.9 Å². The summed E-state index contributed by atoms with van der Waals surface area (Å²) in [5, 5.41) is 5.07. The fraction of sp³-hybridized carbons (Fsp3) is 0.417. The van der Waals surface area contributed by atoms with E-state index >= 15 is 0 Å². The van der Waals surface area contributed by atoms with E-state index in [0.29, 0.717) is 19.4 Å². The molecule has 0 bridgehead atoms. The molecule has 3 amide bonds. The third kappa shape index (κ3) is 10.9. The molecular weight excluding hydrogens is 538 g/mol. The van der Waals surface area contributed by atoms with Crippen molar-refractivity contribution in [1.29, 1.82) is 0 Å². The highest BCUT2D eigenvalue weighted by Crippen LogP contribution is 2.19. The zero-order valence-electron chi connectivity index (χ0n) is 26.7. The molecule has 0 heterocycles. The number of nitrogens with one attached hydrogen (secondary N) is 1. The predicted molar refractivity (Wildman–Crippen MR) is 174 cm³/mol. The van der Waals surface area contributed by atoms with Crippen molar-refractivity contribution in [1.82, 2.24) is 15.1 Å². The van der Waals surface area contributed by atoms with Crippen molar-refractivity contribution >= 4 is 28.7 Å². The lowest BCUT2D eigenvalue weighted by Gasteiger charge is -2.31. The Morgan fingerprint density at radius 3 is 2.19 bits per heavy atom. The number of ether oxygens (including phenoxy) is 1. The number of nitrogens with zero attached hydrogens (tertiary/aromatic N) is 2. The Morgan fingerprint density at radius 2 is 1.51 bits per heavy atom. The quantitative estimate of drug-likeness (QED) is 0.245. The van der Waals surface area contributed by atoms with E-state index in [0.717, 1.165) is 29.2 Å². The molecule has 0 aliphatic carbocycles. The molecule has 1 N–H and O–H groups in total. The summed E-state index contributed by atoms with van der Waals surface area (Å²) in [6.07, 6.45) is 5.21. The number of hydrogen-bond donors (Lipinski definition) is 1. The highest BCUT2D eigenvalue weighted by Gasteiger charge is 2.29. The molecule has 0 aliphatic rings. The van der Waals surface area contributed by atoms with Crippen molar-refractivity contribution in [2.45, 2.75) is 77.5 Å². The van der Waals surface area contributed by atoms with Gasteiger partial charge in [-0.3, -0.25) is 9.59 Å². The van der Waals surface area contributed by atoms with Gasteiger partial charge in [-0.15, -0.1) is 0 Å². The maximum Gasteiger partial charge on any atom is 0.408 e. The maximum absolute atomic E-state index is 13.8. The van der Waals surface area contributed by atoms with Gasteiger partial charge in [-0.1, -0.05) is 78.9 Å². The first-order chi connectivity index (χ1) is 20.2. The number of alkyl carbamates (subject to hydrolysis) is 1. The molecule has 0 spiro atoms. The zero-order chi connectivity index (χ0) is 31.6. The number of hydrogen-bond acceptors (Lipinski definition) is 4. The summed E-state index contributed by atoms with van der Waals surface area (Å²) in [4.78, 5) is 42.7. The second kappa shape index (κ2) is 14.9. The summed E-state index contributed by atoms with van der Waals surface area (Å²) >= 11 is 0. The zero-order valence-corrected chi connectivity index (χ0v) is 26.7. The molecule has 3 rings (SSSR count). The third-order valence-electron chi connectivity index (χ3n) is 7.25. The monoisotopic (exact) mass is 585 g/mol. The van der Waals surface area contributed by atoms with Crippen molar-refractivity contribution in [2.75, 3.05) is 20.6 Å². The van der Waals surface area contributed by atoms with Gasteiger partial charge in [0.05, 0.1) is 0 Å². The minimum atomic E-state index is -0.673. The molecule has 0 unspecified atom stereocenters. The molecular formula is C36H47N3O4. The SMILES string of the molecule is CN(CCCc1ccccc1)C(=O)[C@@H](Cc1ccc2ccccc2c1)N(C)C(=O)/C=C/CC(C)(C)NC(=O)OC(C)(C)C. The van der Waals surface area contributed by atoms with Crippen LogP contribution in [0.1, 0.15) is 58.6 Å². The second-order valence-corrected chi connectivity index (χ2v) is 12.8. The lowest BCUT2D eigenvalue weighted by Crippen LogP contribution is -2.49. The molecule has 0 aliphatic heterocycles. The lowest BCUT2D eigenvalue weighted by atomic mass is 9.99. The number of likely N-dealkylation sites (N-methyl/N-ethyl adjacent to an activating group) is 2. The molecule has 230 valence electrons. The number of rotatable bonds is 12. The van der Waals surface area contributed by atoms with Gasteiger partial charge >= 0.3 is 6.09 Å². The molecule has 43 heavy (non-hydrogen) atoms. The first-order valence-corrected chi connectivity index (χ1v) is 15.0. The highest BCUT2D eigenvalue weighted by molar-refractivity contribution is 5.93. The predicted octanol–water partition coefficient (Wildman–Crippen LogP) is 6.55. The van der Waals surface area contributed by atoms with E-state index in [1.165, 1.54) is 16.5 Å². The topological polar surface area (TPSA) is 79.0 Å².